The first-order valence-electron chi connectivity index (χ1n) is 11.1. The standard InChI is InChI=1S/C24H30N4O3/c1-17-21(15-25-16-26-17)24(30)27-12-9-18(10-13-27)22-8-3-4-11-28(22)23(29)19-6-5-7-20(14-19)31-2/h5-7,14-16,18,22H,3-4,8-13H2,1-2H3. The van der Waals surface area contributed by atoms with Crippen LogP contribution >= 0.6 is 0 Å². The van der Waals surface area contributed by atoms with Gasteiger partial charge in [0.1, 0.15) is 12.1 Å². The Morgan fingerprint density at radius 2 is 1.87 bits per heavy atom. The molecule has 164 valence electrons. The van der Waals surface area contributed by atoms with E-state index in [1.807, 2.05) is 36.1 Å². The molecule has 2 aliphatic rings. The van der Waals surface area contributed by atoms with Crippen LogP contribution in [-0.4, -0.2) is 64.4 Å². The minimum Gasteiger partial charge on any atom is -0.497 e. The first-order chi connectivity index (χ1) is 15.1. The number of carbonyl (C=O) groups excluding carboxylic acids is 2. The van der Waals surface area contributed by atoms with E-state index in [9.17, 15) is 9.59 Å². The van der Waals surface area contributed by atoms with E-state index in [1.165, 1.54) is 6.33 Å². The predicted octanol–water partition coefficient (Wildman–Crippen LogP) is 3.34. The summed E-state index contributed by atoms with van der Waals surface area (Å²) in [7, 11) is 1.62. The van der Waals surface area contributed by atoms with Gasteiger partial charge < -0.3 is 14.5 Å². The largest absolute Gasteiger partial charge is 0.497 e. The Kier molecular flexibility index (Phi) is 6.49. The van der Waals surface area contributed by atoms with Gasteiger partial charge in [0.25, 0.3) is 11.8 Å². The highest BCUT2D eigenvalue weighted by Crippen LogP contribution is 2.32. The zero-order chi connectivity index (χ0) is 21.8. The topological polar surface area (TPSA) is 75.6 Å². The van der Waals surface area contributed by atoms with Gasteiger partial charge >= 0.3 is 0 Å². The Hall–Kier alpha value is -2.96. The monoisotopic (exact) mass is 422 g/mol. The molecular weight excluding hydrogens is 392 g/mol. The number of hydrogen-bond acceptors (Lipinski definition) is 5. The van der Waals surface area contributed by atoms with Crippen molar-refractivity contribution in [3.05, 3.63) is 53.6 Å². The van der Waals surface area contributed by atoms with E-state index in [2.05, 4.69) is 14.9 Å². The van der Waals surface area contributed by atoms with Gasteiger partial charge in [-0.1, -0.05) is 6.07 Å². The van der Waals surface area contributed by atoms with Gasteiger partial charge in [0.05, 0.1) is 18.4 Å². The SMILES string of the molecule is COc1cccc(C(=O)N2CCCCC2C2CCN(C(=O)c3cncnc3C)CC2)c1. The number of ether oxygens (including phenoxy) is 1. The Balaban J connectivity index is 1.43. The van der Waals surface area contributed by atoms with Crippen LogP contribution in [0.5, 0.6) is 5.75 Å². The number of likely N-dealkylation sites (tertiary alicyclic amines) is 2. The van der Waals surface area contributed by atoms with Crippen molar-refractivity contribution < 1.29 is 14.3 Å². The lowest BCUT2D eigenvalue weighted by Crippen LogP contribution is -2.51. The smallest absolute Gasteiger partial charge is 0.257 e. The Morgan fingerprint density at radius 1 is 1.06 bits per heavy atom. The van der Waals surface area contributed by atoms with Crippen molar-refractivity contribution in [2.24, 2.45) is 5.92 Å². The third-order valence-corrected chi connectivity index (χ3v) is 6.64. The summed E-state index contributed by atoms with van der Waals surface area (Å²) < 4.78 is 5.30. The molecule has 2 amide bonds. The molecule has 2 aromatic rings. The highest BCUT2D eigenvalue weighted by molar-refractivity contribution is 5.95. The second-order valence-corrected chi connectivity index (χ2v) is 8.45. The third-order valence-electron chi connectivity index (χ3n) is 6.64. The van der Waals surface area contributed by atoms with Gasteiger partial charge in [0.15, 0.2) is 0 Å². The van der Waals surface area contributed by atoms with Crippen molar-refractivity contribution in [3.63, 3.8) is 0 Å². The van der Waals surface area contributed by atoms with E-state index >= 15 is 0 Å². The van der Waals surface area contributed by atoms with Crippen molar-refractivity contribution in [1.29, 1.82) is 0 Å². The van der Waals surface area contributed by atoms with Gasteiger partial charge in [-0.2, -0.15) is 0 Å². The van der Waals surface area contributed by atoms with Crippen LogP contribution in [0.4, 0.5) is 0 Å². The molecule has 0 saturated carbocycles. The van der Waals surface area contributed by atoms with Gasteiger partial charge in [-0.25, -0.2) is 9.97 Å². The maximum absolute atomic E-state index is 13.3. The van der Waals surface area contributed by atoms with Crippen LogP contribution in [-0.2, 0) is 0 Å². The number of nitrogens with zero attached hydrogens (tertiary/aromatic N) is 4. The van der Waals surface area contributed by atoms with Crippen LogP contribution in [0.2, 0.25) is 0 Å². The van der Waals surface area contributed by atoms with Crippen LogP contribution in [0.1, 0.15) is 58.5 Å². The fourth-order valence-electron chi connectivity index (χ4n) is 4.88. The van der Waals surface area contributed by atoms with E-state index in [-0.39, 0.29) is 17.9 Å². The lowest BCUT2D eigenvalue weighted by molar-refractivity contribution is 0.0374. The summed E-state index contributed by atoms with van der Waals surface area (Å²) in [5.41, 5.74) is 1.97. The molecule has 2 aliphatic heterocycles. The third kappa shape index (κ3) is 4.55. The zero-order valence-electron chi connectivity index (χ0n) is 18.3. The van der Waals surface area contributed by atoms with Gasteiger partial charge in [-0.3, -0.25) is 9.59 Å². The van der Waals surface area contributed by atoms with Crippen LogP contribution in [0, 0.1) is 12.8 Å². The van der Waals surface area contributed by atoms with Crippen LogP contribution < -0.4 is 4.74 Å². The number of benzene rings is 1. The van der Waals surface area contributed by atoms with Gasteiger partial charge in [-0.15, -0.1) is 0 Å². The molecule has 7 heteroatoms. The molecule has 4 rings (SSSR count). The van der Waals surface area contributed by atoms with Crippen molar-refractivity contribution in [2.75, 3.05) is 26.7 Å². The molecule has 7 nitrogen and oxygen atoms in total. The molecule has 1 unspecified atom stereocenters. The molecule has 2 fully saturated rings. The van der Waals surface area contributed by atoms with E-state index in [0.717, 1.165) is 38.6 Å². The lowest BCUT2D eigenvalue weighted by atomic mass is 9.83. The zero-order valence-corrected chi connectivity index (χ0v) is 18.3. The van der Waals surface area contributed by atoms with Gasteiger partial charge in [0.2, 0.25) is 0 Å². The summed E-state index contributed by atoms with van der Waals surface area (Å²) in [4.78, 5) is 38.3. The molecule has 1 aromatic carbocycles. The summed E-state index contributed by atoms with van der Waals surface area (Å²) in [5, 5.41) is 0. The molecule has 1 atom stereocenters. The molecule has 0 aliphatic carbocycles. The Labute approximate surface area is 183 Å². The number of aryl methyl sites for hydroxylation is 1. The quantitative estimate of drug-likeness (QED) is 0.755. The molecule has 0 bridgehead atoms. The van der Waals surface area contributed by atoms with Gasteiger partial charge in [0, 0.05) is 37.4 Å². The second-order valence-electron chi connectivity index (χ2n) is 8.45. The lowest BCUT2D eigenvalue weighted by Gasteiger charge is -2.43. The van der Waals surface area contributed by atoms with Crippen LogP contribution in [0.3, 0.4) is 0 Å². The number of amides is 2. The number of carbonyl (C=O) groups is 2. The summed E-state index contributed by atoms with van der Waals surface area (Å²) in [6, 6.07) is 7.63. The van der Waals surface area contributed by atoms with E-state index in [4.69, 9.17) is 4.74 Å². The minimum absolute atomic E-state index is 0.00417. The number of rotatable bonds is 4. The average molecular weight is 423 g/mol. The van der Waals surface area contributed by atoms with Gasteiger partial charge in [-0.05, 0) is 63.1 Å². The molecule has 31 heavy (non-hydrogen) atoms. The molecule has 2 saturated heterocycles. The molecule has 0 radical (unpaired) electrons. The predicted molar refractivity (Wildman–Crippen MR) is 117 cm³/mol. The highest BCUT2D eigenvalue weighted by atomic mass is 16.5. The molecule has 0 N–H and O–H groups in total. The van der Waals surface area contributed by atoms with Crippen molar-refractivity contribution >= 4 is 11.8 Å². The number of aromatic nitrogens is 2. The normalized spacial score (nSPS) is 19.9. The molecule has 0 spiro atoms. The van der Waals surface area contributed by atoms with Crippen molar-refractivity contribution in [3.8, 4) is 5.75 Å². The summed E-state index contributed by atoms with van der Waals surface area (Å²) in [6.07, 6.45) is 8.10. The van der Waals surface area contributed by atoms with Crippen LogP contribution in [0.15, 0.2) is 36.8 Å². The second kappa shape index (κ2) is 9.45. The molecular formula is C24H30N4O3. The van der Waals surface area contributed by atoms with E-state index in [0.29, 0.717) is 41.6 Å². The van der Waals surface area contributed by atoms with Crippen molar-refractivity contribution in [2.45, 2.75) is 45.1 Å². The fraction of sp³-hybridized carbons (Fsp3) is 0.500. The molecule has 3 heterocycles. The number of hydrogen-bond donors (Lipinski definition) is 0. The van der Waals surface area contributed by atoms with Crippen molar-refractivity contribution in [1.82, 2.24) is 19.8 Å². The van der Waals surface area contributed by atoms with E-state index < -0.39 is 0 Å². The summed E-state index contributed by atoms with van der Waals surface area (Å²) >= 11 is 0. The summed E-state index contributed by atoms with van der Waals surface area (Å²) in [6.45, 7) is 4.04. The average Bonchev–Trinajstić information content (AvgIpc) is 2.83. The Morgan fingerprint density at radius 3 is 2.61 bits per heavy atom. The number of methoxy groups -OCH3 is 1. The fourth-order valence-corrected chi connectivity index (χ4v) is 4.88. The number of piperidine rings is 2. The highest BCUT2D eigenvalue weighted by Gasteiger charge is 2.36. The first kappa shape index (κ1) is 21.3. The maximum Gasteiger partial charge on any atom is 0.257 e. The molecule has 1 aromatic heterocycles. The first-order valence-corrected chi connectivity index (χ1v) is 11.1. The minimum atomic E-state index is 0.00417. The Bertz CT molecular complexity index is 940. The maximum atomic E-state index is 13.3. The summed E-state index contributed by atoms with van der Waals surface area (Å²) in [5.74, 6) is 1.20. The van der Waals surface area contributed by atoms with Crippen LogP contribution in [0.25, 0.3) is 0 Å². The van der Waals surface area contributed by atoms with E-state index in [1.54, 1.807) is 13.3 Å².